The summed E-state index contributed by atoms with van der Waals surface area (Å²) in [5.41, 5.74) is 0.609. The standard InChI is InChI=1S/C17H8Cl2FN3O2S/c18-9-2-1-3-11(13(9)19)22-17-23-16(25)14(26-17)12-8-6-7(20)4-5-10(8)21-15(12)24/h1-6,25H,(H,22,23). The number of amides is 1. The number of aromatic hydroxyl groups is 1. The van der Waals surface area contributed by atoms with Gasteiger partial charge >= 0.3 is 0 Å². The highest BCUT2D eigenvalue weighted by molar-refractivity contribution is 7.17. The highest BCUT2D eigenvalue weighted by Crippen LogP contribution is 2.37. The fourth-order valence-corrected chi connectivity index (χ4v) is 3.82. The Hall–Kier alpha value is -2.48. The van der Waals surface area contributed by atoms with Gasteiger partial charge in [0.25, 0.3) is 5.91 Å². The zero-order chi connectivity index (χ0) is 18.4. The average Bonchev–Trinajstić information content (AvgIpc) is 3.10. The quantitative estimate of drug-likeness (QED) is 0.697. The number of rotatable bonds is 3. The number of hydrogen-bond acceptors (Lipinski definition) is 5. The molecule has 0 saturated carbocycles. The van der Waals surface area contributed by atoms with Gasteiger partial charge in [-0.05, 0) is 30.3 Å². The monoisotopic (exact) mass is 407 g/mol. The number of hydrogen-bond donors (Lipinski definition) is 2. The van der Waals surface area contributed by atoms with Gasteiger partial charge in [0.2, 0.25) is 5.88 Å². The summed E-state index contributed by atoms with van der Waals surface area (Å²) in [4.78, 5) is 20.3. The Morgan fingerprint density at radius 1 is 1.19 bits per heavy atom. The summed E-state index contributed by atoms with van der Waals surface area (Å²) >= 11 is 13.1. The second kappa shape index (κ2) is 6.35. The van der Waals surface area contributed by atoms with Gasteiger partial charge in [-0.3, -0.25) is 4.79 Å². The van der Waals surface area contributed by atoms with E-state index < -0.39 is 11.7 Å². The van der Waals surface area contributed by atoms with Crippen LogP contribution in [0.3, 0.4) is 0 Å². The molecule has 1 amide bonds. The van der Waals surface area contributed by atoms with Crippen LogP contribution in [0.5, 0.6) is 5.88 Å². The van der Waals surface area contributed by atoms with Crippen molar-refractivity contribution in [3.63, 3.8) is 0 Å². The third-order valence-corrected chi connectivity index (χ3v) is 5.49. The van der Waals surface area contributed by atoms with E-state index in [1.54, 1.807) is 18.2 Å². The van der Waals surface area contributed by atoms with E-state index in [0.29, 0.717) is 31.4 Å². The van der Waals surface area contributed by atoms with Crippen LogP contribution < -0.4 is 15.9 Å². The van der Waals surface area contributed by atoms with E-state index in [-0.39, 0.29) is 16.3 Å². The van der Waals surface area contributed by atoms with E-state index in [1.165, 1.54) is 18.2 Å². The minimum Gasteiger partial charge on any atom is -0.492 e. The SMILES string of the molecule is O=C1N=c2ccc(F)cc2=C1c1sc(Nc2cccc(Cl)c2Cl)nc1O. The van der Waals surface area contributed by atoms with E-state index >= 15 is 0 Å². The van der Waals surface area contributed by atoms with Crippen molar-refractivity contribution in [2.75, 3.05) is 5.32 Å². The topological polar surface area (TPSA) is 74.6 Å². The molecule has 130 valence electrons. The summed E-state index contributed by atoms with van der Waals surface area (Å²) in [5.74, 6) is -1.41. The summed E-state index contributed by atoms with van der Waals surface area (Å²) < 4.78 is 13.6. The average molecular weight is 408 g/mol. The largest absolute Gasteiger partial charge is 0.492 e. The smallest absolute Gasteiger partial charge is 0.279 e. The Balaban J connectivity index is 1.81. The molecule has 1 aromatic heterocycles. The molecule has 0 unspecified atom stereocenters. The van der Waals surface area contributed by atoms with E-state index in [0.717, 1.165) is 11.3 Å². The molecule has 0 radical (unpaired) electrons. The fraction of sp³-hybridized carbons (Fsp3) is 0. The molecule has 0 bridgehead atoms. The van der Waals surface area contributed by atoms with Gasteiger partial charge in [-0.15, -0.1) is 0 Å². The van der Waals surface area contributed by atoms with Crippen molar-refractivity contribution in [1.29, 1.82) is 0 Å². The number of fused-ring (bicyclic) bond motifs is 1. The van der Waals surface area contributed by atoms with Crippen LogP contribution >= 0.6 is 34.5 Å². The van der Waals surface area contributed by atoms with E-state index in [1.807, 2.05) is 0 Å². The van der Waals surface area contributed by atoms with Gasteiger partial charge in [0.1, 0.15) is 10.7 Å². The van der Waals surface area contributed by atoms with Crippen molar-refractivity contribution in [2.24, 2.45) is 4.99 Å². The Morgan fingerprint density at radius 3 is 2.81 bits per heavy atom. The van der Waals surface area contributed by atoms with Crippen molar-refractivity contribution in [1.82, 2.24) is 4.98 Å². The van der Waals surface area contributed by atoms with Crippen molar-refractivity contribution in [3.05, 3.63) is 67.7 Å². The van der Waals surface area contributed by atoms with Gasteiger partial charge in [-0.2, -0.15) is 4.98 Å². The Labute approximate surface area is 160 Å². The van der Waals surface area contributed by atoms with Crippen LogP contribution in [0.4, 0.5) is 15.2 Å². The molecule has 0 spiro atoms. The van der Waals surface area contributed by atoms with E-state index in [9.17, 15) is 14.3 Å². The lowest BCUT2D eigenvalue weighted by molar-refractivity contribution is -0.112. The predicted octanol–water partition coefficient (Wildman–Crippen LogP) is 3.40. The minimum absolute atomic E-state index is 0.111. The van der Waals surface area contributed by atoms with Crippen LogP contribution in [-0.2, 0) is 4.79 Å². The van der Waals surface area contributed by atoms with Crippen LogP contribution in [0.1, 0.15) is 4.88 Å². The summed E-state index contributed by atoms with van der Waals surface area (Å²) in [6, 6.07) is 8.88. The second-order valence-electron chi connectivity index (χ2n) is 5.35. The number of halogens is 3. The summed E-state index contributed by atoms with van der Waals surface area (Å²) in [5, 5.41) is 14.8. The molecular formula is C17H8Cl2FN3O2S. The van der Waals surface area contributed by atoms with Crippen LogP contribution in [0.25, 0.3) is 5.57 Å². The summed E-state index contributed by atoms with van der Waals surface area (Å²) in [7, 11) is 0. The third kappa shape index (κ3) is 2.84. The molecule has 4 rings (SSSR count). The normalized spacial score (nSPS) is 12.9. The number of aromatic nitrogens is 1. The highest BCUT2D eigenvalue weighted by atomic mass is 35.5. The zero-order valence-electron chi connectivity index (χ0n) is 12.8. The zero-order valence-corrected chi connectivity index (χ0v) is 15.1. The van der Waals surface area contributed by atoms with Crippen LogP contribution in [0, 0.1) is 5.82 Å². The maximum Gasteiger partial charge on any atom is 0.279 e. The molecular weight excluding hydrogens is 400 g/mol. The molecule has 0 saturated heterocycles. The van der Waals surface area contributed by atoms with Gasteiger partial charge in [0.05, 0.1) is 26.7 Å². The lowest BCUT2D eigenvalue weighted by Crippen LogP contribution is -2.23. The van der Waals surface area contributed by atoms with Gasteiger partial charge in [0.15, 0.2) is 5.13 Å². The molecule has 1 aliphatic rings. The first-order valence-electron chi connectivity index (χ1n) is 7.28. The molecule has 0 atom stereocenters. The van der Waals surface area contributed by atoms with Crippen molar-refractivity contribution in [3.8, 4) is 5.88 Å². The van der Waals surface area contributed by atoms with E-state index in [4.69, 9.17) is 23.2 Å². The number of anilines is 2. The lowest BCUT2D eigenvalue weighted by atomic mass is 10.1. The maximum atomic E-state index is 13.6. The lowest BCUT2D eigenvalue weighted by Gasteiger charge is -2.05. The number of carbonyl (C=O) groups is 1. The van der Waals surface area contributed by atoms with Gasteiger partial charge < -0.3 is 10.4 Å². The van der Waals surface area contributed by atoms with Crippen molar-refractivity contribution < 1.29 is 14.3 Å². The van der Waals surface area contributed by atoms with Gasteiger partial charge in [-0.25, -0.2) is 9.38 Å². The molecule has 9 heteroatoms. The molecule has 2 aromatic carbocycles. The Kier molecular flexibility index (Phi) is 4.14. The Bertz CT molecular complexity index is 1190. The molecule has 2 N–H and O–H groups in total. The number of benzene rings is 2. The number of carbonyl (C=O) groups excluding carboxylic acids is 1. The first kappa shape index (κ1) is 17.0. The molecule has 0 aliphatic carbocycles. The molecule has 5 nitrogen and oxygen atoms in total. The summed E-state index contributed by atoms with van der Waals surface area (Å²) in [6.07, 6.45) is 0. The van der Waals surface area contributed by atoms with Crippen LogP contribution in [0.15, 0.2) is 41.4 Å². The highest BCUT2D eigenvalue weighted by Gasteiger charge is 2.25. The van der Waals surface area contributed by atoms with Crippen LogP contribution in [0.2, 0.25) is 10.0 Å². The molecule has 0 fully saturated rings. The van der Waals surface area contributed by atoms with Crippen LogP contribution in [-0.4, -0.2) is 16.0 Å². The molecule has 2 heterocycles. The van der Waals surface area contributed by atoms with E-state index in [2.05, 4.69) is 15.3 Å². The predicted molar refractivity (Wildman–Crippen MR) is 98.2 cm³/mol. The maximum absolute atomic E-state index is 13.6. The first-order valence-corrected chi connectivity index (χ1v) is 8.85. The number of nitrogens with one attached hydrogen (secondary N) is 1. The van der Waals surface area contributed by atoms with Crippen molar-refractivity contribution >= 4 is 56.8 Å². The molecule has 1 aliphatic heterocycles. The second-order valence-corrected chi connectivity index (χ2v) is 7.14. The third-order valence-electron chi connectivity index (χ3n) is 3.69. The number of nitrogens with zero attached hydrogens (tertiary/aromatic N) is 2. The first-order chi connectivity index (χ1) is 12.4. The van der Waals surface area contributed by atoms with Gasteiger partial charge in [-0.1, -0.05) is 40.6 Å². The van der Waals surface area contributed by atoms with Gasteiger partial charge in [0, 0.05) is 5.22 Å². The minimum atomic E-state index is -0.558. The molecule has 26 heavy (non-hydrogen) atoms. The van der Waals surface area contributed by atoms with Crippen molar-refractivity contribution in [2.45, 2.75) is 0 Å². The number of thiazole rings is 1. The fourth-order valence-electron chi connectivity index (χ4n) is 2.55. The summed E-state index contributed by atoms with van der Waals surface area (Å²) in [6.45, 7) is 0. The Morgan fingerprint density at radius 2 is 2.00 bits per heavy atom. The molecule has 3 aromatic rings.